The Labute approximate surface area is 145 Å². The van der Waals surface area contributed by atoms with Crippen LogP contribution in [0, 0.1) is 0 Å². The summed E-state index contributed by atoms with van der Waals surface area (Å²) in [6.07, 6.45) is 3.38. The lowest BCUT2D eigenvalue weighted by Gasteiger charge is -2.16. The monoisotopic (exact) mass is 337 g/mol. The molecule has 1 amide bonds. The summed E-state index contributed by atoms with van der Waals surface area (Å²) in [5.41, 5.74) is 3.21. The zero-order valence-electron chi connectivity index (χ0n) is 13.7. The zero-order valence-corrected chi connectivity index (χ0v) is 13.7. The number of furan rings is 1. The summed E-state index contributed by atoms with van der Waals surface area (Å²) in [5.74, 6) is -0.0988. The first-order valence-electron chi connectivity index (χ1n) is 8.33. The van der Waals surface area contributed by atoms with Crippen molar-refractivity contribution in [2.75, 3.05) is 26.3 Å². The number of carbonyl (C=O) groups is 1. The SMILES string of the molecule is O=C(NC1CNCCOC1)c1ccc(-c2nccc3occc23)cc1. The predicted molar refractivity (Wildman–Crippen MR) is 94.4 cm³/mol. The molecule has 128 valence electrons. The van der Waals surface area contributed by atoms with E-state index in [9.17, 15) is 4.79 Å². The van der Waals surface area contributed by atoms with Crippen molar-refractivity contribution in [2.24, 2.45) is 0 Å². The summed E-state index contributed by atoms with van der Waals surface area (Å²) >= 11 is 0. The lowest BCUT2D eigenvalue weighted by Crippen LogP contribution is -2.43. The number of benzene rings is 1. The van der Waals surface area contributed by atoms with E-state index < -0.39 is 0 Å². The minimum absolute atomic E-state index is 0.0176. The Kier molecular flexibility index (Phi) is 4.45. The Morgan fingerprint density at radius 2 is 2.08 bits per heavy atom. The fourth-order valence-corrected chi connectivity index (χ4v) is 2.97. The molecule has 0 bridgehead atoms. The summed E-state index contributed by atoms with van der Waals surface area (Å²) in [6.45, 7) is 2.74. The molecule has 6 heteroatoms. The van der Waals surface area contributed by atoms with Gasteiger partial charge in [-0.05, 0) is 24.3 Å². The highest BCUT2D eigenvalue weighted by Gasteiger charge is 2.16. The fourth-order valence-electron chi connectivity index (χ4n) is 2.97. The van der Waals surface area contributed by atoms with Crippen molar-refractivity contribution in [3.63, 3.8) is 0 Å². The van der Waals surface area contributed by atoms with Crippen molar-refractivity contribution in [1.29, 1.82) is 0 Å². The van der Waals surface area contributed by atoms with E-state index in [0.717, 1.165) is 35.3 Å². The minimum Gasteiger partial charge on any atom is -0.464 e. The van der Waals surface area contributed by atoms with Gasteiger partial charge in [0.2, 0.25) is 0 Å². The van der Waals surface area contributed by atoms with Gasteiger partial charge in [0.1, 0.15) is 5.58 Å². The van der Waals surface area contributed by atoms with E-state index in [-0.39, 0.29) is 11.9 Å². The van der Waals surface area contributed by atoms with Crippen LogP contribution in [0.2, 0.25) is 0 Å². The van der Waals surface area contributed by atoms with Crippen LogP contribution >= 0.6 is 0 Å². The number of nitrogens with zero attached hydrogens (tertiary/aromatic N) is 1. The number of nitrogens with one attached hydrogen (secondary N) is 2. The minimum atomic E-state index is -0.0988. The topological polar surface area (TPSA) is 76.4 Å². The number of hydrogen-bond donors (Lipinski definition) is 2. The van der Waals surface area contributed by atoms with E-state index in [0.29, 0.717) is 18.8 Å². The van der Waals surface area contributed by atoms with Crippen molar-refractivity contribution in [3.8, 4) is 11.3 Å². The van der Waals surface area contributed by atoms with Gasteiger partial charge >= 0.3 is 0 Å². The van der Waals surface area contributed by atoms with Crippen LogP contribution in [0.15, 0.2) is 53.3 Å². The zero-order chi connectivity index (χ0) is 17.1. The number of hydrogen-bond acceptors (Lipinski definition) is 5. The van der Waals surface area contributed by atoms with Crippen LogP contribution < -0.4 is 10.6 Å². The highest BCUT2D eigenvalue weighted by atomic mass is 16.5. The number of pyridine rings is 1. The standard InChI is InChI=1S/C19H19N3O3/c23-19(22-15-11-20-8-10-24-12-15)14-3-1-13(2-4-14)18-16-6-9-25-17(16)5-7-21-18/h1-7,9,15,20H,8,10-12H2,(H,22,23). The fraction of sp³-hybridized carbons (Fsp3) is 0.263. The molecule has 4 rings (SSSR count). The molecule has 3 aromatic rings. The number of amides is 1. The first-order chi connectivity index (χ1) is 12.3. The van der Waals surface area contributed by atoms with Crippen molar-refractivity contribution >= 4 is 16.9 Å². The number of rotatable bonds is 3. The van der Waals surface area contributed by atoms with Crippen LogP contribution in [0.1, 0.15) is 10.4 Å². The maximum Gasteiger partial charge on any atom is 0.251 e. The lowest BCUT2D eigenvalue weighted by molar-refractivity contribution is 0.0884. The van der Waals surface area contributed by atoms with Crippen LogP contribution in [0.3, 0.4) is 0 Å². The van der Waals surface area contributed by atoms with Gasteiger partial charge in [-0.15, -0.1) is 0 Å². The molecule has 1 aliphatic rings. The number of carbonyl (C=O) groups excluding carboxylic acids is 1. The number of ether oxygens (including phenoxy) is 1. The van der Waals surface area contributed by atoms with E-state index in [2.05, 4.69) is 15.6 Å². The second-order valence-electron chi connectivity index (χ2n) is 6.02. The highest BCUT2D eigenvalue weighted by molar-refractivity contribution is 5.96. The molecule has 6 nitrogen and oxygen atoms in total. The normalized spacial score (nSPS) is 18.0. The van der Waals surface area contributed by atoms with E-state index in [1.54, 1.807) is 12.5 Å². The number of aromatic nitrogens is 1. The molecule has 1 fully saturated rings. The van der Waals surface area contributed by atoms with E-state index >= 15 is 0 Å². The average molecular weight is 337 g/mol. The first kappa shape index (κ1) is 15.8. The molecule has 3 heterocycles. The van der Waals surface area contributed by atoms with Crippen molar-refractivity contribution < 1.29 is 13.9 Å². The third-order valence-electron chi connectivity index (χ3n) is 4.27. The Morgan fingerprint density at radius 3 is 2.96 bits per heavy atom. The molecule has 0 saturated carbocycles. The van der Waals surface area contributed by atoms with Gasteiger partial charge < -0.3 is 19.8 Å². The molecule has 1 aromatic carbocycles. The molecule has 0 spiro atoms. The lowest BCUT2D eigenvalue weighted by atomic mass is 10.1. The van der Waals surface area contributed by atoms with Crippen molar-refractivity contribution in [2.45, 2.75) is 6.04 Å². The maximum absolute atomic E-state index is 12.4. The quantitative estimate of drug-likeness (QED) is 0.766. The molecule has 1 aliphatic heterocycles. The van der Waals surface area contributed by atoms with Gasteiger partial charge in [-0.3, -0.25) is 9.78 Å². The van der Waals surface area contributed by atoms with Crippen LogP contribution in [0.4, 0.5) is 0 Å². The second-order valence-corrected chi connectivity index (χ2v) is 6.02. The molecular weight excluding hydrogens is 318 g/mol. The largest absolute Gasteiger partial charge is 0.464 e. The van der Waals surface area contributed by atoms with E-state index in [1.807, 2.05) is 36.4 Å². The summed E-state index contributed by atoms with van der Waals surface area (Å²) in [7, 11) is 0. The first-order valence-corrected chi connectivity index (χ1v) is 8.33. The van der Waals surface area contributed by atoms with Gasteiger partial charge in [0.05, 0.1) is 31.2 Å². The van der Waals surface area contributed by atoms with Gasteiger partial charge in [0.15, 0.2) is 0 Å². The Morgan fingerprint density at radius 1 is 1.20 bits per heavy atom. The number of fused-ring (bicyclic) bond motifs is 1. The van der Waals surface area contributed by atoms with Gasteiger partial charge in [0.25, 0.3) is 5.91 Å². The third kappa shape index (κ3) is 3.40. The van der Waals surface area contributed by atoms with Gasteiger partial charge in [-0.2, -0.15) is 0 Å². The Balaban J connectivity index is 1.51. The highest BCUT2D eigenvalue weighted by Crippen LogP contribution is 2.27. The molecule has 2 aromatic heterocycles. The molecule has 1 saturated heterocycles. The molecule has 1 unspecified atom stereocenters. The Bertz CT molecular complexity index is 865. The van der Waals surface area contributed by atoms with Gasteiger partial charge in [0, 0.05) is 35.8 Å². The van der Waals surface area contributed by atoms with Crippen molar-refractivity contribution in [3.05, 3.63) is 54.4 Å². The van der Waals surface area contributed by atoms with Gasteiger partial charge in [-0.25, -0.2) is 0 Å². The Hall–Kier alpha value is -2.70. The summed E-state index contributed by atoms with van der Waals surface area (Å²) in [6, 6.07) is 11.2. The van der Waals surface area contributed by atoms with Crippen LogP contribution in [-0.4, -0.2) is 43.2 Å². The molecule has 0 aliphatic carbocycles. The van der Waals surface area contributed by atoms with Crippen LogP contribution in [0.5, 0.6) is 0 Å². The molecular formula is C19H19N3O3. The predicted octanol–water partition coefficient (Wildman–Crippen LogP) is 2.21. The maximum atomic E-state index is 12.4. The van der Waals surface area contributed by atoms with Gasteiger partial charge in [-0.1, -0.05) is 12.1 Å². The molecule has 25 heavy (non-hydrogen) atoms. The summed E-state index contributed by atoms with van der Waals surface area (Å²) < 4.78 is 10.9. The van der Waals surface area contributed by atoms with Crippen LogP contribution in [0.25, 0.3) is 22.2 Å². The summed E-state index contributed by atoms with van der Waals surface area (Å²) in [4.78, 5) is 16.9. The van der Waals surface area contributed by atoms with E-state index in [1.165, 1.54) is 0 Å². The third-order valence-corrected chi connectivity index (χ3v) is 4.27. The second kappa shape index (κ2) is 7.04. The van der Waals surface area contributed by atoms with Crippen molar-refractivity contribution in [1.82, 2.24) is 15.6 Å². The molecule has 2 N–H and O–H groups in total. The summed E-state index contributed by atoms with van der Waals surface area (Å²) in [5, 5.41) is 7.20. The average Bonchev–Trinajstić information content (AvgIpc) is 2.99. The smallest absolute Gasteiger partial charge is 0.251 e. The molecule has 1 atom stereocenters. The molecule has 0 radical (unpaired) electrons. The van der Waals surface area contributed by atoms with E-state index in [4.69, 9.17) is 9.15 Å². The van der Waals surface area contributed by atoms with Crippen LogP contribution in [-0.2, 0) is 4.74 Å².